The maximum Gasteiger partial charge on any atom is 0.354 e. The summed E-state index contributed by atoms with van der Waals surface area (Å²) in [6, 6.07) is 2.94. The second kappa shape index (κ2) is 6.20. The van der Waals surface area contributed by atoms with Crippen molar-refractivity contribution in [2.24, 2.45) is 0 Å². The van der Waals surface area contributed by atoms with Gasteiger partial charge < -0.3 is 20.5 Å². The van der Waals surface area contributed by atoms with E-state index < -0.39 is 5.97 Å². The number of likely N-dealkylation sites (N-methyl/N-ethyl adjacent to an activating group) is 1. The van der Waals surface area contributed by atoms with E-state index in [1.54, 1.807) is 18.0 Å². The molecule has 0 fully saturated rings. The van der Waals surface area contributed by atoms with Gasteiger partial charge >= 0.3 is 5.97 Å². The number of hydrogen-bond acceptors (Lipinski definition) is 5. The van der Waals surface area contributed by atoms with Crippen LogP contribution in [0.5, 0.6) is 0 Å². The summed E-state index contributed by atoms with van der Waals surface area (Å²) < 4.78 is 5.42. The van der Waals surface area contributed by atoms with Gasteiger partial charge in [-0.05, 0) is 26.0 Å². The number of aromatic nitrogens is 1. The van der Waals surface area contributed by atoms with Gasteiger partial charge in [-0.1, -0.05) is 0 Å². The van der Waals surface area contributed by atoms with Crippen molar-refractivity contribution >= 4 is 17.5 Å². The lowest BCUT2D eigenvalue weighted by Gasteiger charge is -2.20. The van der Waals surface area contributed by atoms with Gasteiger partial charge in [0.25, 0.3) is 0 Å². The molecule has 0 aliphatic carbocycles. The van der Waals surface area contributed by atoms with Crippen LogP contribution < -0.4 is 10.6 Å². The monoisotopic (exact) mass is 253 g/mol. The van der Waals surface area contributed by atoms with Crippen molar-refractivity contribution in [2.45, 2.75) is 20.0 Å². The molecule has 0 aromatic carbocycles. The number of hydrogen-bond donors (Lipinski definition) is 2. The van der Waals surface area contributed by atoms with E-state index in [-0.39, 0.29) is 11.8 Å². The second-order valence-electron chi connectivity index (χ2n) is 4.26. The van der Waals surface area contributed by atoms with E-state index in [1.807, 2.05) is 13.8 Å². The molecule has 0 saturated carbocycles. The first-order valence-corrected chi connectivity index (χ1v) is 5.74. The van der Waals surface area contributed by atoms with E-state index >= 15 is 0 Å². The second-order valence-corrected chi connectivity index (χ2v) is 4.26. The van der Waals surface area contributed by atoms with Crippen LogP contribution in [0.25, 0.3) is 0 Å². The molecule has 18 heavy (non-hydrogen) atoms. The highest BCUT2D eigenvalue weighted by molar-refractivity contribution is 5.86. The zero-order valence-corrected chi connectivity index (χ0v) is 10.9. The van der Waals surface area contributed by atoms with Crippen LogP contribution >= 0.6 is 0 Å². The van der Waals surface area contributed by atoms with Crippen molar-refractivity contribution in [3.63, 3.8) is 0 Å². The fourth-order valence-corrected chi connectivity index (χ4v) is 1.42. The number of rotatable bonds is 6. The summed E-state index contributed by atoms with van der Waals surface area (Å²) in [6.45, 7) is 5.04. The fraction of sp³-hybridized carbons (Fsp3) is 0.500. The van der Waals surface area contributed by atoms with Crippen molar-refractivity contribution < 1.29 is 14.6 Å². The number of ether oxygens (including phenoxy) is 1. The molecule has 0 unspecified atom stereocenters. The van der Waals surface area contributed by atoms with E-state index in [1.165, 1.54) is 6.07 Å². The van der Waals surface area contributed by atoms with Crippen molar-refractivity contribution in [1.29, 1.82) is 0 Å². The largest absolute Gasteiger partial charge is 0.477 e. The summed E-state index contributed by atoms with van der Waals surface area (Å²) in [5.41, 5.74) is 6.22. The minimum Gasteiger partial charge on any atom is -0.477 e. The van der Waals surface area contributed by atoms with Crippen molar-refractivity contribution in [2.75, 3.05) is 30.8 Å². The number of carboxylic acid groups (broad SMARTS) is 1. The number of pyridine rings is 1. The zero-order chi connectivity index (χ0) is 13.7. The Labute approximate surface area is 106 Å². The van der Waals surface area contributed by atoms with Crippen LogP contribution in [0.3, 0.4) is 0 Å². The van der Waals surface area contributed by atoms with E-state index in [0.29, 0.717) is 24.7 Å². The molecule has 0 saturated heterocycles. The quantitative estimate of drug-likeness (QED) is 0.792. The van der Waals surface area contributed by atoms with Crippen molar-refractivity contribution in [1.82, 2.24) is 4.98 Å². The van der Waals surface area contributed by atoms with Gasteiger partial charge in [0.15, 0.2) is 11.5 Å². The Balaban J connectivity index is 2.74. The molecule has 3 N–H and O–H groups in total. The Morgan fingerprint density at radius 2 is 2.22 bits per heavy atom. The Morgan fingerprint density at radius 1 is 1.56 bits per heavy atom. The number of aromatic carboxylic acids is 1. The Bertz CT molecular complexity index is 421. The van der Waals surface area contributed by atoms with Gasteiger partial charge in [0.05, 0.1) is 18.4 Å². The predicted octanol–water partition coefficient (Wildman–Crippen LogP) is 1.22. The van der Waals surface area contributed by atoms with E-state index in [0.717, 1.165) is 0 Å². The summed E-state index contributed by atoms with van der Waals surface area (Å²) in [5, 5.41) is 8.88. The summed E-state index contributed by atoms with van der Waals surface area (Å²) in [5.74, 6) is -0.606. The number of nitrogens with two attached hydrogens (primary N) is 1. The van der Waals surface area contributed by atoms with Crippen LogP contribution in [0.4, 0.5) is 11.5 Å². The number of carbonyl (C=O) groups is 1. The van der Waals surface area contributed by atoms with Crippen LogP contribution in [0.15, 0.2) is 12.1 Å². The number of nitrogens with zero attached hydrogens (tertiary/aromatic N) is 2. The van der Waals surface area contributed by atoms with Crippen LogP contribution in [0.1, 0.15) is 24.3 Å². The van der Waals surface area contributed by atoms with Gasteiger partial charge in [-0.25, -0.2) is 9.78 Å². The first-order chi connectivity index (χ1) is 8.41. The van der Waals surface area contributed by atoms with Crippen LogP contribution in [0, 0.1) is 0 Å². The molecule has 1 heterocycles. The van der Waals surface area contributed by atoms with Gasteiger partial charge in [0.2, 0.25) is 0 Å². The molecule has 1 aromatic heterocycles. The van der Waals surface area contributed by atoms with Crippen molar-refractivity contribution in [3.05, 3.63) is 17.8 Å². The number of carboxylic acids is 1. The molecule has 0 bridgehead atoms. The highest BCUT2D eigenvalue weighted by Crippen LogP contribution is 2.19. The summed E-state index contributed by atoms with van der Waals surface area (Å²) in [4.78, 5) is 16.6. The van der Waals surface area contributed by atoms with Gasteiger partial charge in [-0.2, -0.15) is 0 Å². The fourth-order valence-electron chi connectivity index (χ4n) is 1.42. The SMILES string of the molecule is CC(C)OCCN(C)c1nc(C(=O)O)ccc1N. The Kier molecular flexibility index (Phi) is 4.91. The molecule has 6 heteroatoms. The highest BCUT2D eigenvalue weighted by atomic mass is 16.5. The van der Waals surface area contributed by atoms with Crippen LogP contribution in [0.2, 0.25) is 0 Å². The molecule has 6 nitrogen and oxygen atoms in total. The molecule has 1 aromatic rings. The lowest BCUT2D eigenvalue weighted by atomic mass is 10.3. The molecule has 100 valence electrons. The molecule has 1 rings (SSSR count). The third-order valence-electron chi connectivity index (χ3n) is 2.36. The first-order valence-electron chi connectivity index (χ1n) is 5.74. The maximum atomic E-state index is 10.8. The van der Waals surface area contributed by atoms with Crippen LogP contribution in [-0.4, -0.2) is 42.4 Å². The third kappa shape index (κ3) is 3.89. The summed E-state index contributed by atoms with van der Waals surface area (Å²) >= 11 is 0. The average Bonchev–Trinajstić information content (AvgIpc) is 2.28. The minimum absolute atomic E-state index is 0.0178. The summed E-state index contributed by atoms with van der Waals surface area (Å²) in [7, 11) is 1.80. The standard InChI is InChI=1S/C12H19N3O3/c1-8(2)18-7-6-15(3)11-9(13)4-5-10(14-11)12(16)17/h4-5,8H,6-7,13H2,1-3H3,(H,16,17). The molecule has 0 aliphatic rings. The lowest BCUT2D eigenvalue weighted by molar-refractivity contribution is 0.0690. The molecule has 0 spiro atoms. The summed E-state index contributed by atoms with van der Waals surface area (Å²) in [6.07, 6.45) is 0.161. The molecule has 0 amide bonds. The van der Waals surface area contributed by atoms with Gasteiger partial charge in [-0.3, -0.25) is 0 Å². The third-order valence-corrected chi connectivity index (χ3v) is 2.36. The number of anilines is 2. The Hall–Kier alpha value is -1.82. The lowest BCUT2D eigenvalue weighted by Crippen LogP contribution is -2.26. The highest BCUT2D eigenvalue weighted by Gasteiger charge is 2.12. The average molecular weight is 253 g/mol. The Morgan fingerprint density at radius 3 is 2.78 bits per heavy atom. The number of nitrogen functional groups attached to an aromatic ring is 1. The van der Waals surface area contributed by atoms with E-state index in [2.05, 4.69) is 4.98 Å². The van der Waals surface area contributed by atoms with E-state index in [4.69, 9.17) is 15.6 Å². The molecular formula is C12H19N3O3. The van der Waals surface area contributed by atoms with Gasteiger partial charge in [0, 0.05) is 13.6 Å². The molecular weight excluding hydrogens is 234 g/mol. The van der Waals surface area contributed by atoms with Crippen LogP contribution in [-0.2, 0) is 4.74 Å². The zero-order valence-electron chi connectivity index (χ0n) is 10.9. The van der Waals surface area contributed by atoms with Gasteiger partial charge in [0.1, 0.15) is 0 Å². The topological polar surface area (TPSA) is 88.7 Å². The van der Waals surface area contributed by atoms with Crippen molar-refractivity contribution in [3.8, 4) is 0 Å². The molecule has 0 atom stereocenters. The minimum atomic E-state index is -1.07. The predicted molar refractivity (Wildman–Crippen MR) is 70.0 cm³/mol. The normalized spacial score (nSPS) is 10.7. The smallest absolute Gasteiger partial charge is 0.354 e. The molecule has 0 aliphatic heterocycles. The van der Waals surface area contributed by atoms with Gasteiger partial charge in [-0.15, -0.1) is 0 Å². The van der Waals surface area contributed by atoms with E-state index in [9.17, 15) is 4.79 Å². The molecule has 0 radical (unpaired) electrons. The first kappa shape index (κ1) is 14.2. The maximum absolute atomic E-state index is 10.8.